The molecule has 4 nitrogen and oxygen atoms in total. The molecule has 0 bridgehead atoms. The van der Waals surface area contributed by atoms with E-state index >= 15 is 0 Å². The molecule has 0 atom stereocenters. The Kier molecular flexibility index (Phi) is 5.01. The van der Waals surface area contributed by atoms with E-state index in [9.17, 15) is 13.2 Å². The predicted molar refractivity (Wildman–Crippen MR) is 93.7 cm³/mol. The molecule has 23 heavy (non-hydrogen) atoms. The van der Waals surface area contributed by atoms with Gasteiger partial charge in [-0.15, -0.1) is 11.8 Å². The molecule has 2 aliphatic rings. The summed E-state index contributed by atoms with van der Waals surface area (Å²) in [6, 6.07) is 7.50. The Bertz CT molecular complexity index is 675. The van der Waals surface area contributed by atoms with Crippen LogP contribution in [0.15, 0.2) is 29.2 Å². The molecule has 1 aromatic carbocycles. The number of benzene rings is 1. The Morgan fingerprint density at radius 1 is 1.09 bits per heavy atom. The smallest absolute Gasteiger partial charge is 0.255 e. The second-order valence-corrected chi connectivity index (χ2v) is 9.74. The third-order valence-electron chi connectivity index (χ3n) is 4.95. The van der Waals surface area contributed by atoms with Gasteiger partial charge in [-0.05, 0) is 31.2 Å². The van der Waals surface area contributed by atoms with Crippen molar-refractivity contribution in [1.29, 1.82) is 0 Å². The van der Waals surface area contributed by atoms with Crippen LogP contribution < -0.4 is 0 Å². The highest BCUT2D eigenvalue weighted by Gasteiger charge is 2.43. The summed E-state index contributed by atoms with van der Waals surface area (Å²) >= 11 is 1.54. The van der Waals surface area contributed by atoms with E-state index < -0.39 is 9.84 Å². The third-order valence-corrected chi connectivity index (χ3v) is 8.38. The molecule has 1 saturated heterocycles. The molecule has 6 heteroatoms. The van der Waals surface area contributed by atoms with Crippen molar-refractivity contribution < 1.29 is 13.2 Å². The van der Waals surface area contributed by atoms with Crippen molar-refractivity contribution in [3.8, 4) is 0 Å². The summed E-state index contributed by atoms with van der Waals surface area (Å²) in [4.78, 5) is 15.2. The van der Waals surface area contributed by atoms with Gasteiger partial charge in [0.2, 0.25) is 0 Å². The molecule has 0 spiro atoms. The highest BCUT2D eigenvalue weighted by molar-refractivity contribution is 7.98. The maximum Gasteiger partial charge on any atom is 0.255 e. The fourth-order valence-electron chi connectivity index (χ4n) is 3.47. The summed E-state index contributed by atoms with van der Waals surface area (Å²) in [5.41, 5.74) is 0.675. The molecule has 0 unspecified atom stereocenters. The molecule has 2 fully saturated rings. The Morgan fingerprint density at radius 3 is 2.39 bits per heavy atom. The van der Waals surface area contributed by atoms with Crippen molar-refractivity contribution in [3.05, 3.63) is 29.8 Å². The zero-order chi connectivity index (χ0) is 16.4. The average molecular weight is 354 g/mol. The van der Waals surface area contributed by atoms with E-state index in [1.54, 1.807) is 4.90 Å². The number of hydrogen-bond donors (Lipinski definition) is 0. The summed E-state index contributed by atoms with van der Waals surface area (Å²) in [6.45, 7) is 0.695. The van der Waals surface area contributed by atoms with Crippen molar-refractivity contribution in [3.63, 3.8) is 0 Å². The van der Waals surface area contributed by atoms with Gasteiger partial charge in [-0.3, -0.25) is 4.79 Å². The van der Waals surface area contributed by atoms with E-state index in [-0.39, 0.29) is 16.4 Å². The molecule has 0 aromatic heterocycles. The minimum atomic E-state index is -3.09. The Hall–Kier alpha value is -1.01. The van der Waals surface area contributed by atoms with Gasteiger partial charge in [-0.25, -0.2) is 8.42 Å². The fourth-order valence-corrected chi connectivity index (χ4v) is 6.37. The van der Waals surface area contributed by atoms with Gasteiger partial charge in [0.25, 0.3) is 5.91 Å². The van der Waals surface area contributed by atoms with Crippen molar-refractivity contribution in [2.45, 2.75) is 47.5 Å². The highest BCUT2D eigenvalue weighted by atomic mass is 32.2. The van der Waals surface area contributed by atoms with Crippen LogP contribution in [0.25, 0.3) is 0 Å². The van der Waals surface area contributed by atoms with Crippen molar-refractivity contribution in [2.75, 3.05) is 19.3 Å². The number of likely N-dealkylation sites (tertiary alicyclic amines) is 1. The molecule has 1 heterocycles. The minimum absolute atomic E-state index is 0.0509. The van der Waals surface area contributed by atoms with Crippen LogP contribution >= 0.6 is 11.8 Å². The number of carbonyl (C=O) groups excluding carboxylic acids is 1. The molecule has 126 valence electrons. The van der Waals surface area contributed by atoms with Crippen molar-refractivity contribution in [1.82, 2.24) is 4.90 Å². The maximum atomic E-state index is 12.7. The number of amides is 1. The molecule has 0 N–H and O–H groups in total. The lowest BCUT2D eigenvalue weighted by Gasteiger charge is -2.41. The lowest BCUT2D eigenvalue weighted by Crippen LogP contribution is -2.58. The number of sulfone groups is 1. The quantitative estimate of drug-likeness (QED) is 0.781. The molecule has 1 aromatic rings. The van der Waals surface area contributed by atoms with Gasteiger partial charge in [-0.1, -0.05) is 31.4 Å². The second-order valence-electron chi connectivity index (χ2n) is 6.38. The molecule has 0 radical (unpaired) electrons. The molecule has 1 aliphatic carbocycles. The topological polar surface area (TPSA) is 54.5 Å². The maximum absolute atomic E-state index is 12.7. The predicted octanol–water partition coefficient (Wildman–Crippen LogP) is 2.98. The van der Waals surface area contributed by atoms with E-state index in [1.807, 2.05) is 30.5 Å². The van der Waals surface area contributed by atoms with Gasteiger partial charge < -0.3 is 4.90 Å². The lowest BCUT2D eigenvalue weighted by atomic mass is 10.0. The molecule has 1 aliphatic heterocycles. The molecule has 1 amide bonds. The summed E-state index contributed by atoms with van der Waals surface area (Å²) < 4.78 is 25.3. The number of rotatable bonds is 4. The summed E-state index contributed by atoms with van der Waals surface area (Å²) in [5.74, 6) is -0.0509. The van der Waals surface area contributed by atoms with Crippen molar-refractivity contribution in [2.24, 2.45) is 0 Å². The Morgan fingerprint density at radius 2 is 1.74 bits per heavy atom. The summed E-state index contributed by atoms with van der Waals surface area (Å²) in [5, 5.41) is -0.548. The standard InChI is InChI=1S/C17H23NO3S2/c1-22-16-10-6-5-9-15(16)17(19)18-11-14(12-18)23(20,21)13-7-3-2-4-8-13/h5-6,9-10,13-14H,2-4,7-8,11-12H2,1H3. The Labute approximate surface area is 142 Å². The lowest BCUT2D eigenvalue weighted by molar-refractivity contribution is 0.0654. The highest BCUT2D eigenvalue weighted by Crippen LogP contribution is 2.31. The van der Waals surface area contributed by atoms with Gasteiger partial charge in [0.05, 0.1) is 16.1 Å². The number of nitrogens with zero attached hydrogens (tertiary/aromatic N) is 1. The van der Waals surface area contributed by atoms with Crippen LogP contribution in [-0.2, 0) is 9.84 Å². The van der Waals surface area contributed by atoms with E-state index in [2.05, 4.69) is 0 Å². The van der Waals surface area contributed by atoms with Crippen LogP contribution in [0.2, 0.25) is 0 Å². The molecule has 3 rings (SSSR count). The zero-order valence-electron chi connectivity index (χ0n) is 13.4. The van der Waals surface area contributed by atoms with Crippen LogP contribution in [0.3, 0.4) is 0 Å². The van der Waals surface area contributed by atoms with Crippen LogP contribution in [-0.4, -0.2) is 49.1 Å². The monoisotopic (exact) mass is 353 g/mol. The van der Waals surface area contributed by atoms with Gasteiger partial charge in [0, 0.05) is 18.0 Å². The summed E-state index contributed by atoms with van der Waals surface area (Å²) in [7, 11) is -3.09. The molecule has 1 saturated carbocycles. The number of carbonyl (C=O) groups is 1. The Balaban J connectivity index is 1.65. The molecular formula is C17H23NO3S2. The van der Waals surface area contributed by atoms with Crippen molar-refractivity contribution >= 4 is 27.5 Å². The first kappa shape index (κ1) is 16.8. The van der Waals surface area contributed by atoms with Gasteiger partial charge in [0.1, 0.15) is 0 Å². The summed E-state index contributed by atoms with van der Waals surface area (Å²) in [6.07, 6.45) is 6.70. The normalized spacial score (nSPS) is 20.3. The number of hydrogen-bond acceptors (Lipinski definition) is 4. The van der Waals surface area contributed by atoms with Gasteiger partial charge in [0.15, 0.2) is 9.84 Å². The van der Waals surface area contributed by atoms with Gasteiger partial charge >= 0.3 is 0 Å². The minimum Gasteiger partial charge on any atom is -0.336 e. The van der Waals surface area contributed by atoms with Crippen LogP contribution in [0, 0.1) is 0 Å². The first-order chi connectivity index (χ1) is 11.0. The largest absolute Gasteiger partial charge is 0.336 e. The fraction of sp³-hybridized carbons (Fsp3) is 0.588. The first-order valence-corrected chi connectivity index (χ1v) is 11.0. The van der Waals surface area contributed by atoms with E-state index in [0.29, 0.717) is 18.7 Å². The SMILES string of the molecule is CSc1ccccc1C(=O)N1CC(S(=O)(=O)C2CCCCC2)C1. The van der Waals surface area contributed by atoms with Crippen LogP contribution in [0.5, 0.6) is 0 Å². The van der Waals surface area contributed by atoms with Crippen LogP contribution in [0.1, 0.15) is 42.5 Å². The van der Waals surface area contributed by atoms with Gasteiger partial charge in [-0.2, -0.15) is 0 Å². The zero-order valence-corrected chi connectivity index (χ0v) is 15.0. The van der Waals surface area contributed by atoms with E-state index in [0.717, 1.165) is 37.0 Å². The van der Waals surface area contributed by atoms with Crippen LogP contribution in [0.4, 0.5) is 0 Å². The third kappa shape index (κ3) is 3.29. The second kappa shape index (κ2) is 6.85. The molecular weight excluding hydrogens is 330 g/mol. The van der Waals surface area contributed by atoms with E-state index in [4.69, 9.17) is 0 Å². The first-order valence-electron chi connectivity index (χ1n) is 8.19. The average Bonchev–Trinajstić information content (AvgIpc) is 2.54. The number of thioether (sulfide) groups is 1. The van der Waals surface area contributed by atoms with E-state index in [1.165, 1.54) is 11.8 Å².